The van der Waals surface area contributed by atoms with Crippen molar-refractivity contribution < 1.29 is 18.8 Å². The van der Waals surface area contributed by atoms with Crippen molar-refractivity contribution in [3.63, 3.8) is 0 Å². The average molecular weight is 397 g/mol. The molecule has 154 valence electrons. The van der Waals surface area contributed by atoms with E-state index in [2.05, 4.69) is 43.3 Å². The highest BCUT2D eigenvalue weighted by atomic mass is 16.7. The zero-order valence-corrected chi connectivity index (χ0v) is 17.6. The van der Waals surface area contributed by atoms with Crippen LogP contribution in [0, 0.1) is 0 Å². The molecule has 3 aromatic rings. The summed E-state index contributed by atoms with van der Waals surface area (Å²) in [6.45, 7) is 1.86. The number of ether oxygens (including phenoxy) is 2. The maximum atomic E-state index is 11.6. The highest BCUT2D eigenvalue weighted by molar-refractivity contribution is 5.89. The first-order valence-corrected chi connectivity index (χ1v) is 9.77. The lowest BCUT2D eigenvalue weighted by Crippen LogP contribution is -2.40. The molecule has 0 atom stereocenters. The molecule has 0 aliphatic heterocycles. The Kier molecular flexibility index (Phi) is 6.44. The number of likely N-dealkylation sites (N-methyl/N-ethyl adjacent to an activating group) is 1. The van der Waals surface area contributed by atoms with Gasteiger partial charge in [0, 0.05) is 43.2 Å². The predicted molar refractivity (Wildman–Crippen MR) is 115 cm³/mol. The molecule has 0 unspecified atom stereocenters. The van der Waals surface area contributed by atoms with Gasteiger partial charge < -0.3 is 23.8 Å². The summed E-state index contributed by atoms with van der Waals surface area (Å²) in [6, 6.07) is 16.4. The Balaban J connectivity index is 1.68. The predicted octanol–water partition coefficient (Wildman–Crippen LogP) is 4.02. The van der Waals surface area contributed by atoms with Gasteiger partial charge in [0.05, 0.1) is 20.6 Å². The Labute approximate surface area is 172 Å². The summed E-state index contributed by atoms with van der Waals surface area (Å²) in [5.41, 5.74) is 3.56. The number of carbonyl (C=O) groups excluding carboxylic acids is 1. The average Bonchev–Trinajstić information content (AvgIpc) is 3.11. The van der Waals surface area contributed by atoms with Gasteiger partial charge in [-0.2, -0.15) is 0 Å². The van der Waals surface area contributed by atoms with Gasteiger partial charge >= 0.3 is 6.09 Å². The third-order valence-corrected chi connectivity index (χ3v) is 4.95. The molecular formula is C23H30N3O3+. The number of quaternary nitrogens is 1. The van der Waals surface area contributed by atoms with E-state index >= 15 is 0 Å². The van der Waals surface area contributed by atoms with Gasteiger partial charge in [-0.05, 0) is 17.7 Å². The van der Waals surface area contributed by atoms with Crippen LogP contribution in [0.25, 0.3) is 10.9 Å². The molecule has 1 heterocycles. The van der Waals surface area contributed by atoms with Gasteiger partial charge in [0.2, 0.25) is 6.79 Å². The second-order valence-electron chi connectivity index (χ2n) is 8.11. The molecule has 1 amide bonds. The molecule has 1 N–H and O–H groups in total. The number of hydrogen-bond acceptors (Lipinski definition) is 3. The van der Waals surface area contributed by atoms with Gasteiger partial charge in [0.25, 0.3) is 0 Å². The number of nitrogens with one attached hydrogen (secondary N) is 1. The molecule has 0 aliphatic carbocycles. The molecular weight excluding hydrogens is 366 g/mol. The lowest BCUT2D eigenvalue weighted by atomic mass is 10.1. The Hall–Kier alpha value is -2.99. The Morgan fingerprint density at radius 1 is 1.07 bits per heavy atom. The van der Waals surface area contributed by atoms with Crippen LogP contribution >= 0.6 is 0 Å². The molecule has 3 rings (SSSR count). The summed E-state index contributed by atoms with van der Waals surface area (Å²) in [4.78, 5) is 16.3. The third-order valence-electron chi connectivity index (χ3n) is 4.95. The lowest BCUT2D eigenvalue weighted by Gasteiger charge is -2.30. The maximum absolute atomic E-state index is 11.6. The number of hydrogen-bond donors (Lipinski definition) is 1. The quantitative estimate of drug-likeness (QED) is 0.462. The van der Waals surface area contributed by atoms with Crippen LogP contribution in [-0.4, -0.2) is 62.0 Å². The van der Waals surface area contributed by atoms with E-state index in [4.69, 9.17) is 9.47 Å². The first-order chi connectivity index (χ1) is 13.9. The number of nitrogens with zero attached hydrogens (tertiary/aromatic N) is 2. The Morgan fingerprint density at radius 3 is 2.55 bits per heavy atom. The molecule has 6 heteroatoms. The van der Waals surface area contributed by atoms with Crippen LogP contribution in [0.4, 0.5) is 4.79 Å². The molecule has 0 saturated carbocycles. The lowest BCUT2D eigenvalue weighted by molar-refractivity contribution is -0.903. The molecule has 0 fully saturated rings. The van der Waals surface area contributed by atoms with Gasteiger partial charge in [-0.25, -0.2) is 4.79 Å². The number of carbonyl (C=O) groups is 1. The van der Waals surface area contributed by atoms with E-state index in [0.29, 0.717) is 0 Å². The van der Waals surface area contributed by atoms with E-state index in [1.54, 1.807) is 14.1 Å². The van der Waals surface area contributed by atoms with Crippen LogP contribution in [0.2, 0.25) is 0 Å². The Bertz CT molecular complexity index is 948. The topological polar surface area (TPSA) is 54.6 Å². The van der Waals surface area contributed by atoms with E-state index in [1.165, 1.54) is 16.0 Å². The molecule has 1 aromatic heterocycles. The number of rotatable bonds is 8. The van der Waals surface area contributed by atoms with Gasteiger partial charge in [-0.15, -0.1) is 0 Å². The largest absolute Gasteiger partial charge is 0.457 e. The minimum Gasteiger partial charge on any atom is -0.457 e. The van der Waals surface area contributed by atoms with E-state index in [1.807, 2.05) is 30.5 Å². The van der Waals surface area contributed by atoms with Crippen LogP contribution in [0.1, 0.15) is 11.1 Å². The van der Waals surface area contributed by atoms with Crippen LogP contribution in [0.15, 0.2) is 54.7 Å². The number of amides is 1. The zero-order valence-electron chi connectivity index (χ0n) is 17.6. The summed E-state index contributed by atoms with van der Waals surface area (Å²) >= 11 is 0. The molecule has 0 bridgehead atoms. The van der Waals surface area contributed by atoms with Crippen molar-refractivity contribution in [2.75, 3.05) is 41.5 Å². The van der Waals surface area contributed by atoms with E-state index in [-0.39, 0.29) is 6.79 Å². The van der Waals surface area contributed by atoms with E-state index < -0.39 is 6.09 Å². The van der Waals surface area contributed by atoms with Crippen LogP contribution in [0.3, 0.4) is 0 Å². The van der Waals surface area contributed by atoms with Crippen molar-refractivity contribution in [2.24, 2.45) is 0 Å². The number of benzene rings is 2. The minimum atomic E-state index is -0.425. The van der Waals surface area contributed by atoms with Crippen LogP contribution in [0.5, 0.6) is 5.75 Å². The highest BCUT2D eigenvalue weighted by Gasteiger charge is 2.18. The summed E-state index contributed by atoms with van der Waals surface area (Å²) in [5, 5.41) is 1.05. The smallest absolute Gasteiger partial charge is 0.412 e. The van der Waals surface area contributed by atoms with E-state index in [0.717, 1.165) is 40.6 Å². The number of fused-ring (bicyclic) bond motifs is 1. The van der Waals surface area contributed by atoms with Crippen molar-refractivity contribution in [1.29, 1.82) is 0 Å². The SMILES string of the molecule is CN(C)C(=O)OCOc1cccc2[nH]cc(CC[N+](C)(C)Cc3ccccc3)c12. The van der Waals surface area contributed by atoms with Crippen molar-refractivity contribution in [3.8, 4) is 5.75 Å². The minimum absolute atomic E-state index is 0.115. The fraction of sp³-hybridized carbons (Fsp3) is 0.348. The second kappa shape index (κ2) is 9.01. The monoisotopic (exact) mass is 396 g/mol. The summed E-state index contributed by atoms with van der Waals surface area (Å²) in [6.07, 6.45) is 2.54. The first kappa shape index (κ1) is 20.7. The van der Waals surface area contributed by atoms with Gasteiger partial charge in [-0.1, -0.05) is 36.4 Å². The fourth-order valence-corrected chi connectivity index (χ4v) is 3.39. The van der Waals surface area contributed by atoms with E-state index in [9.17, 15) is 4.79 Å². The first-order valence-electron chi connectivity index (χ1n) is 9.77. The Morgan fingerprint density at radius 2 is 1.83 bits per heavy atom. The maximum Gasteiger partial charge on any atom is 0.412 e. The highest BCUT2D eigenvalue weighted by Crippen LogP contribution is 2.29. The third kappa shape index (κ3) is 5.51. The summed E-state index contributed by atoms with van der Waals surface area (Å²) in [5.74, 6) is 0.721. The molecule has 0 aliphatic rings. The second-order valence-corrected chi connectivity index (χ2v) is 8.11. The van der Waals surface area contributed by atoms with Crippen LogP contribution in [-0.2, 0) is 17.7 Å². The molecule has 0 radical (unpaired) electrons. The molecule has 0 spiro atoms. The van der Waals surface area contributed by atoms with Gasteiger partial charge in [-0.3, -0.25) is 0 Å². The molecule has 0 saturated heterocycles. The summed E-state index contributed by atoms with van der Waals surface area (Å²) < 4.78 is 11.8. The number of aromatic nitrogens is 1. The van der Waals surface area contributed by atoms with Crippen molar-refractivity contribution in [3.05, 3.63) is 65.9 Å². The number of H-pyrrole nitrogens is 1. The van der Waals surface area contributed by atoms with Gasteiger partial charge in [0.1, 0.15) is 12.3 Å². The van der Waals surface area contributed by atoms with Crippen LogP contribution < -0.4 is 4.74 Å². The van der Waals surface area contributed by atoms with Crippen molar-refractivity contribution in [2.45, 2.75) is 13.0 Å². The molecule has 2 aromatic carbocycles. The summed E-state index contributed by atoms with van der Waals surface area (Å²) in [7, 11) is 7.78. The normalized spacial score (nSPS) is 11.4. The number of aromatic amines is 1. The molecule has 29 heavy (non-hydrogen) atoms. The van der Waals surface area contributed by atoms with Gasteiger partial charge in [0.15, 0.2) is 0 Å². The zero-order chi connectivity index (χ0) is 20.9. The standard InChI is InChI=1S/C23H30N3O3/c1-25(2)23(27)29-17-28-21-12-8-11-20-22(21)19(15-24-20)13-14-26(3,4)16-18-9-6-5-7-10-18/h5-12,15,24H,13-14,16-17H2,1-4H3/q+1. The van der Waals surface area contributed by atoms with Crippen molar-refractivity contribution >= 4 is 17.0 Å². The molecule has 6 nitrogen and oxygen atoms in total. The van der Waals surface area contributed by atoms with Crippen molar-refractivity contribution in [1.82, 2.24) is 9.88 Å². The fourth-order valence-electron chi connectivity index (χ4n) is 3.39.